The van der Waals surface area contributed by atoms with E-state index in [1.807, 2.05) is 11.8 Å². The molecule has 2 amide bonds. The molecule has 0 radical (unpaired) electrons. The maximum absolute atomic E-state index is 14.4. The van der Waals surface area contributed by atoms with Gasteiger partial charge in [-0.2, -0.15) is 0 Å². The molecule has 1 saturated carbocycles. The molecule has 2 aliphatic rings. The molecule has 1 saturated heterocycles. The van der Waals surface area contributed by atoms with E-state index >= 15 is 0 Å². The summed E-state index contributed by atoms with van der Waals surface area (Å²) in [5.41, 5.74) is 3.28. The number of carbonyl (C=O) groups is 2. The Morgan fingerprint density at radius 1 is 1.12 bits per heavy atom. The van der Waals surface area contributed by atoms with Crippen molar-refractivity contribution < 1.29 is 14.0 Å². The molecule has 1 aromatic heterocycles. The van der Waals surface area contributed by atoms with E-state index < -0.39 is 0 Å². The van der Waals surface area contributed by atoms with E-state index in [0.29, 0.717) is 42.5 Å². The second-order valence-electron chi connectivity index (χ2n) is 8.91. The van der Waals surface area contributed by atoms with Gasteiger partial charge in [-0.15, -0.1) is 0 Å². The lowest BCUT2D eigenvalue weighted by Crippen LogP contribution is -2.49. The van der Waals surface area contributed by atoms with E-state index in [4.69, 9.17) is 0 Å². The summed E-state index contributed by atoms with van der Waals surface area (Å²) in [6.45, 7) is 7.23. The number of hydrogen-bond donors (Lipinski definition) is 1. The summed E-state index contributed by atoms with van der Waals surface area (Å²) in [7, 11) is 0. The zero-order chi connectivity index (χ0) is 22.7. The molecule has 0 atom stereocenters. The highest BCUT2D eigenvalue weighted by molar-refractivity contribution is 6.05. The fourth-order valence-electron chi connectivity index (χ4n) is 4.74. The number of benzene rings is 1. The quantitative estimate of drug-likeness (QED) is 0.768. The van der Waals surface area contributed by atoms with Crippen LogP contribution in [0.25, 0.3) is 0 Å². The number of rotatable bonds is 5. The van der Waals surface area contributed by atoms with Gasteiger partial charge in [0.2, 0.25) is 5.91 Å². The van der Waals surface area contributed by atoms with E-state index in [2.05, 4.69) is 15.2 Å². The molecule has 6 nitrogen and oxygen atoms in total. The molecular weight excluding hydrogens is 407 g/mol. The first-order valence-corrected chi connectivity index (χ1v) is 11.5. The van der Waals surface area contributed by atoms with Crippen LogP contribution in [0.1, 0.15) is 52.9 Å². The number of anilines is 1. The summed E-state index contributed by atoms with van der Waals surface area (Å²) >= 11 is 0. The summed E-state index contributed by atoms with van der Waals surface area (Å²) in [6, 6.07) is 6.32. The van der Waals surface area contributed by atoms with Crippen molar-refractivity contribution in [1.29, 1.82) is 0 Å². The minimum atomic E-state index is -0.376. The van der Waals surface area contributed by atoms with Gasteiger partial charge in [0.05, 0.1) is 5.56 Å². The fraction of sp³-hybridized carbons (Fsp3) is 0.480. The van der Waals surface area contributed by atoms with Crippen molar-refractivity contribution in [3.8, 4) is 0 Å². The van der Waals surface area contributed by atoms with Crippen LogP contribution in [0.5, 0.6) is 0 Å². The fourth-order valence-corrected chi connectivity index (χ4v) is 4.74. The van der Waals surface area contributed by atoms with Crippen LogP contribution in [0.4, 0.5) is 10.1 Å². The first kappa shape index (κ1) is 22.4. The maximum Gasteiger partial charge on any atom is 0.257 e. The Morgan fingerprint density at radius 2 is 1.84 bits per heavy atom. The summed E-state index contributed by atoms with van der Waals surface area (Å²) in [5, 5.41) is 2.85. The van der Waals surface area contributed by atoms with Gasteiger partial charge in [0.25, 0.3) is 5.91 Å². The van der Waals surface area contributed by atoms with Gasteiger partial charge in [-0.1, -0.05) is 12.8 Å². The smallest absolute Gasteiger partial charge is 0.257 e. The normalized spacial score (nSPS) is 17.5. The van der Waals surface area contributed by atoms with Gasteiger partial charge in [-0.05, 0) is 62.1 Å². The predicted molar refractivity (Wildman–Crippen MR) is 122 cm³/mol. The number of aryl methyl sites for hydroxylation is 1. The second-order valence-corrected chi connectivity index (χ2v) is 8.91. The zero-order valence-corrected chi connectivity index (χ0v) is 18.9. The monoisotopic (exact) mass is 438 g/mol. The summed E-state index contributed by atoms with van der Waals surface area (Å²) in [4.78, 5) is 33.7. The molecule has 0 bridgehead atoms. The molecule has 1 aliphatic carbocycles. The highest BCUT2D eigenvalue weighted by atomic mass is 19.1. The van der Waals surface area contributed by atoms with Crippen LogP contribution in [0.3, 0.4) is 0 Å². The Morgan fingerprint density at radius 3 is 2.53 bits per heavy atom. The third kappa shape index (κ3) is 4.99. The molecule has 0 spiro atoms. The van der Waals surface area contributed by atoms with Crippen LogP contribution in [-0.2, 0) is 11.3 Å². The Hall–Kier alpha value is -2.80. The van der Waals surface area contributed by atoms with Crippen LogP contribution in [0.15, 0.2) is 30.5 Å². The number of halogens is 1. The Bertz CT molecular complexity index is 995. The van der Waals surface area contributed by atoms with Crippen LogP contribution >= 0.6 is 0 Å². The minimum Gasteiger partial charge on any atom is -0.340 e. The maximum atomic E-state index is 14.4. The average molecular weight is 439 g/mol. The van der Waals surface area contributed by atoms with Crippen molar-refractivity contribution in [3.05, 3.63) is 58.7 Å². The van der Waals surface area contributed by atoms with Gasteiger partial charge in [0.1, 0.15) is 5.82 Å². The SMILES string of the molecule is Cc1ncccc1C(=O)Nc1cc(F)cc(CN2CCN(C(=O)C3CCCC3)CC2)c1C. The standard InChI is InChI=1S/C25H31FN4O2/c1-17-20(16-29-10-12-30(13-11-29)25(32)19-6-3-4-7-19)14-21(26)15-23(17)28-24(31)22-8-5-9-27-18(22)2/h5,8-9,14-15,19H,3-4,6-7,10-13,16H2,1-2H3,(H,28,31). The Balaban J connectivity index is 1.40. The third-order valence-corrected chi connectivity index (χ3v) is 6.76. The zero-order valence-electron chi connectivity index (χ0n) is 18.9. The second kappa shape index (κ2) is 9.77. The molecule has 2 aromatic rings. The topological polar surface area (TPSA) is 65.5 Å². The molecule has 1 aromatic carbocycles. The predicted octanol–water partition coefficient (Wildman–Crippen LogP) is 3.92. The third-order valence-electron chi connectivity index (χ3n) is 6.76. The van der Waals surface area contributed by atoms with Gasteiger partial charge in [0, 0.05) is 56.2 Å². The molecule has 7 heteroatoms. The lowest BCUT2D eigenvalue weighted by atomic mass is 10.0. The van der Waals surface area contributed by atoms with Crippen molar-refractivity contribution in [2.45, 2.75) is 46.1 Å². The van der Waals surface area contributed by atoms with E-state index in [1.54, 1.807) is 25.3 Å². The molecule has 32 heavy (non-hydrogen) atoms. The first-order valence-electron chi connectivity index (χ1n) is 11.5. The van der Waals surface area contributed by atoms with E-state index in [-0.39, 0.29) is 17.6 Å². The van der Waals surface area contributed by atoms with Crippen molar-refractivity contribution in [2.24, 2.45) is 5.92 Å². The number of carbonyl (C=O) groups excluding carboxylic acids is 2. The summed E-state index contributed by atoms with van der Waals surface area (Å²) in [6.07, 6.45) is 6.00. The number of nitrogens with one attached hydrogen (secondary N) is 1. The van der Waals surface area contributed by atoms with Gasteiger partial charge < -0.3 is 10.2 Å². The summed E-state index contributed by atoms with van der Waals surface area (Å²) < 4.78 is 14.4. The number of amides is 2. The first-order chi connectivity index (χ1) is 15.4. The van der Waals surface area contributed by atoms with Crippen molar-refractivity contribution in [2.75, 3.05) is 31.5 Å². The van der Waals surface area contributed by atoms with Crippen LogP contribution < -0.4 is 5.32 Å². The van der Waals surface area contributed by atoms with Crippen molar-refractivity contribution in [1.82, 2.24) is 14.8 Å². The number of nitrogens with zero attached hydrogens (tertiary/aromatic N) is 3. The van der Waals surface area contributed by atoms with Gasteiger partial charge in [-0.3, -0.25) is 19.5 Å². The van der Waals surface area contributed by atoms with Crippen molar-refractivity contribution >= 4 is 17.5 Å². The van der Waals surface area contributed by atoms with E-state index in [0.717, 1.165) is 49.9 Å². The van der Waals surface area contributed by atoms with Crippen molar-refractivity contribution in [3.63, 3.8) is 0 Å². The minimum absolute atomic E-state index is 0.210. The molecular formula is C25H31FN4O2. The van der Waals surface area contributed by atoms with E-state index in [1.165, 1.54) is 12.1 Å². The Labute approximate surface area is 188 Å². The number of aromatic nitrogens is 1. The highest BCUT2D eigenvalue weighted by Gasteiger charge is 2.29. The molecule has 4 rings (SSSR count). The van der Waals surface area contributed by atoms with Crippen LogP contribution in [0.2, 0.25) is 0 Å². The molecule has 170 valence electrons. The molecule has 0 unspecified atom stereocenters. The average Bonchev–Trinajstić information content (AvgIpc) is 3.32. The highest BCUT2D eigenvalue weighted by Crippen LogP contribution is 2.28. The largest absolute Gasteiger partial charge is 0.340 e. The number of pyridine rings is 1. The molecule has 1 N–H and O–H groups in total. The van der Waals surface area contributed by atoms with Crippen LogP contribution in [-0.4, -0.2) is 52.8 Å². The van der Waals surface area contributed by atoms with Gasteiger partial charge >= 0.3 is 0 Å². The molecule has 1 aliphatic heterocycles. The van der Waals surface area contributed by atoms with E-state index in [9.17, 15) is 14.0 Å². The lowest BCUT2D eigenvalue weighted by Gasteiger charge is -2.36. The Kier molecular flexibility index (Phi) is 6.84. The summed E-state index contributed by atoms with van der Waals surface area (Å²) in [5.74, 6) is -0.158. The van der Waals surface area contributed by atoms with Gasteiger partial charge in [-0.25, -0.2) is 4.39 Å². The number of hydrogen-bond acceptors (Lipinski definition) is 4. The van der Waals surface area contributed by atoms with Crippen LogP contribution in [0, 0.1) is 25.6 Å². The molecule has 2 fully saturated rings. The van der Waals surface area contributed by atoms with Gasteiger partial charge in [0.15, 0.2) is 0 Å². The lowest BCUT2D eigenvalue weighted by molar-refractivity contribution is -0.137. The molecule has 2 heterocycles. The number of piperazine rings is 1.